The molecule has 1 aromatic carbocycles. The second-order valence-corrected chi connectivity index (χ2v) is 6.47. The van der Waals surface area contributed by atoms with Crippen LogP contribution in [0.15, 0.2) is 18.2 Å². The Kier molecular flexibility index (Phi) is 4.45. The minimum atomic E-state index is -0.923. The van der Waals surface area contributed by atoms with Gasteiger partial charge in [0.15, 0.2) is 0 Å². The summed E-state index contributed by atoms with van der Waals surface area (Å²) in [4.78, 5) is 39.6. The lowest BCUT2D eigenvalue weighted by atomic mass is 9.81. The van der Waals surface area contributed by atoms with Crippen molar-refractivity contribution in [2.75, 3.05) is 18.9 Å². The zero-order chi connectivity index (χ0) is 18.2. The van der Waals surface area contributed by atoms with Gasteiger partial charge in [-0.1, -0.05) is 25.3 Å². The lowest BCUT2D eigenvalue weighted by molar-refractivity contribution is -0.136. The van der Waals surface area contributed by atoms with Crippen LogP contribution in [0.4, 0.5) is 19.3 Å². The standard InChI is InChI=1S/C17H19F2N3O3/c1-21-16(25)22(15(24)17(21)8-3-2-4-9-17)10-13(23)20-14-11(18)6-5-7-12(14)19/h5-7H,2-4,8-10H2,1H3,(H,20,23). The summed E-state index contributed by atoms with van der Waals surface area (Å²) in [5.41, 5.74) is -1.48. The summed E-state index contributed by atoms with van der Waals surface area (Å²) in [6.07, 6.45) is 3.81. The van der Waals surface area contributed by atoms with Gasteiger partial charge in [-0.2, -0.15) is 0 Å². The molecule has 6 nitrogen and oxygen atoms in total. The molecule has 1 saturated heterocycles. The molecule has 0 aromatic heterocycles. The van der Waals surface area contributed by atoms with Gasteiger partial charge in [-0.3, -0.25) is 14.5 Å². The van der Waals surface area contributed by atoms with Crippen LogP contribution in [0.3, 0.4) is 0 Å². The number of hydrogen-bond donors (Lipinski definition) is 1. The Balaban J connectivity index is 1.75. The van der Waals surface area contributed by atoms with Gasteiger partial charge in [-0.25, -0.2) is 13.6 Å². The zero-order valence-corrected chi connectivity index (χ0v) is 13.8. The second kappa shape index (κ2) is 6.42. The first-order chi connectivity index (χ1) is 11.9. The van der Waals surface area contributed by atoms with Crippen molar-refractivity contribution in [3.05, 3.63) is 29.8 Å². The van der Waals surface area contributed by atoms with Crippen molar-refractivity contribution in [1.82, 2.24) is 9.80 Å². The van der Waals surface area contributed by atoms with Crippen molar-refractivity contribution in [2.45, 2.75) is 37.6 Å². The number of benzene rings is 1. The van der Waals surface area contributed by atoms with Crippen LogP contribution in [0, 0.1) is 11.6 Å². The Morgan fingerprint density at radius 2 is 1.76 bits per heavy atom. The molecular weight excluding hydrogens is 332 g/mol. The first-order valence-electron chi connectivity index (χ1n) is 8.20. The lowest BCUT2D eigenvalue weighted by Crippen LogP contribution is -2.49. The monoisotopic (exact) mass is 351 g/mol. The number of rotatable bonds is 3. The van der Waals surface area contributed by atoms with E-state index in [1.165, 1.54) is 11.0 Å². The van der Waals surface area contributed by atoms with Gasteiger partial charge in [0, 0.05) is 7.05 Å². The highest BCUT2D eigenvalue weighted by Crippen LogP contribution is 2.39. The van der Waals surface area contributed by atoms with Crippen LogP contribution in [0.25, 0.3) is 0 Å². The van der Waals surface area contributed by atoms with E-state index in [2.05, 4.69) is 5.32 Å². The van der Waals surface area contributed by atoms with Gasteiger partial charge in [0.2, 0.25) is 5.91 Å². The van der Waals surface area contributed by atoms with Crippen LogP contribution < -0.4 is 5.32 Å². The molecule has 3 rings (SSSR count). The highest BCUT2D eigenvalue weighted by molar-refractivity contribution is 6.10. The number of halogens is 2. The van der Waals surface area contributed by atoms with Crippen LogP contribution in [0.2, 0.25) is 0 Å². The van der Waals surface area contributed by atoms with E-state index in [1.54, 1.807) is 7.05 Å². The SMILES string of the molecule is CN1C(=O)N(CC(=O)Nc2c(F)cccc2F)C(=O)C12CCCCC2. The second-order valence-electron chi connectivity index (χ2n) is 6.47. The Bertz CT molecular complexity index is 712. The van der Waals surface area contributed by atoms with Gasteiger partial charge in [0.1, 0.15) is 29.4 Å². The molecule has 0 bridgehead atoms. The molecule has 2 aliphatic rings. The van der Waals surface area contributed by atoms with Crippen molar-refractivity contribution in [3.8, 4) is 0 Å². The van der Waals surface area contributed by atoms with Gasteiger partial charge in [-0.05, 0) is 25.0 Å². The number of amides is 4. The Morgan fingerprint density at radius 3 is 2.36 bits per heavy atom. The van der Waals surface area contributed by atoms with Gasteiger partial charge in [0.25, 0.3) is 5.91 Å². The molecule has 0 radical (unpaired) electrons. The van der Waals surface area contributed by atoms with Gasteiger partial charge < -0.3 is 10.2 Å². The minimum absolute atomic E-state index is 0.413. The van der Waals surface area contributed by atoms with E-state index in [4.69, 9.17) is 0 Å². The van der Waals surface area contributed by atoms with Crippen LogP contribution in [0.1, 0.15) is 32.1 Å². The maximum Gasteiger partial charge on any atom is 0.327 e. The van der Waals surface area contributed by atoms with Crippen LogP contribution >= 0.6 is 0 Å². The van der Waals surface area contributed by atoms with Crippen LogP contribution in [-0.4, -0.2) is 46.8 Å². The molecule has 1 aliphatic heterocycles. The van der Waals surface area contributed by atoms with Crippen molar-refractivity contribution in [3.63, 3.8) is 0 Å². The number of urea groups is 1. The van der Waals surface area contributed by atoms with Crippen molar-refractivity contribution in [2.24, 2.45) is 0 Å². The molecule has 1 N–H and O–H groups in total. The number of nitrogens with zero attached hydrogens (tertiary/aromatic N) is 2. The number of likely N-dealkylation sites (N-methyl/N-ethyl adjacent to an activating group) is 1. The highest BCUT2D eigenvalue weighted by atomic mass is 19.1. The van der Waals surface area contributed by atoms with Gasteiger partial charge >= 0.3 is 6.03 Å². The topological polar surface area (TPSA) is 69.7 Å². The average Bonchev–Trinajstić information content (AvgIpc) is 2.75. The van der Waals surface area contributed by atoms with E-state index in [-0.39, 0.29) is 0 Å². The molecule has 25 heavy (non-hydrogen) atoms. The summed E-state index contributed by atoms with van der Waals surface area (Å²) in [5, 5.41) is 2.10. The summed E-state index contributed by atoms with van der Waals surface area (Å²) in [6.45, 7) is -0.572. The van der Waals surface area contributed by atoms with E-state index in [0.717, 1.165) is 36.3 Å². The maximum absolute atomic E-state index is 13.6. The molecule has 134 valence electrons. The van der Waals surface area contributed by atoms with E-state index >= 15 is 0 Å². The summed E-state index contributed by atoms with van der Waals surface area (Å²) in [5.74, 6) is -3.09. The third-order valence-electron chi connectivity index (χ3n) is 5.01. The molecule has 0 atom stereocenters. The number of nitrogens with one attached hydrogen (secondary N) is 1. The van der Waals surface area contributed by atoms with Crippen molar-refractivity contribution < 1.29 is 23.2 Å². The third-order valence-corrected chi connectivity index (χ3v) is 5.01. The fraction of sp³-hybridized carbons (Fsp3) is 0.471. The van der Waals surface area contributed by atoms with E-state index < -0.39 is 47.3 Å². The highest BCUT2D eigenvalue weighted by Gasteiger charge is 2.55. The van der Waals surface area contributed by atoms with E-state index in [0.29, 0.717) is 12.8 Å². The fourth-order valence-electron chi connectivity index (χ4n) is 3.61. The minimum Gasteiger partial charge on any atom is -0.320 e. The number of carbonyl (C=O) groups is 3. The third kappa shape index (κ3) is 2.85. The molecule has 8 heteroatoms. The Labute approximate surface area is 143 Å². The summed E-state index contributed by atoms with van der Waals surface area (Å²) >= 11 is 0. The van der Waals surface area contributed by atoms with E-state index in [9.17, 15) is 23.2 Å². The molecular formula is C17H19F2N3O3. The predicted molar refractivity (Wildman–Crippen MR) is 85.7 cm³/mol. The Morgan fingerprint density at radius 1 is 1.16 bits per heavy atom. The molecule has 0 unspecified atom stereocenters. The summed E-state index contributed by atoms with van der Waals surface area (Å²) < 4.78 is 27.2. The number of carbonyl (C=O) groups excluding carboxylic acids is 3. The molecule has 2 fully saturated rings. The fourth-order valence-corrected chi connectivity index (χ4v) is 3.61. The lowest BCUT2D eigenvalue weighted by Gasteiger charge is -2.35. The number of hydrogen-bond acceptors (Lipinski definition) is 3. The maximum atomic E-state index is 13.6. The van der Waals surface area contributed by atoms with E-state index in [1.807, 2.05) is 0 Å². The quantitative estimate of drug-likeness (QED) is 0.851. The number of para-hydroxylation sites is 1. The van der Waals surface area contributed by atoms with Crippen LogP contribution in [0.5, 0.6) is 0 Å². The first-order valence-corrected chi connectivity index (χ1v) is 8.20. The van der Waals surface area contributed by atoms with Crippen molar-refractivity contribution >= 4 is 23.5 Å². The molecule has 4 amide bonds. The molecule has 1 aliphatic carbocycles. The van der Waals surface area contributed by atoms with Crippen molar-refractivity contribution in [1.29, 1.82) is 0 Å². The summed E-state index contributed by atoms with van der Waals surface area (Å²) in [7, 11) is 1.56. The number of anilines is 1. The summed E-state index contributed by atoms with van der Waals surface area (Å²) in [6, 6.07) is 2.64. The number of imide groups is 1. The molecule has 1 spiro atoms. The Hall–Kier alpha value is -2.51. The molecule has 1 heterocycles. The van der Waals surface area contributed by atoms with Crippen LogP contribution in [-0.2, 0) is 9.59 Å². The molecule has 1 aromatic rings. The van der Waals surface area contributed by atoms with Gasteiger partial charge in [0.05, 0.1) is 0 Å². The van der Waals surface area contributed by atoms with Gasteiger partial charge in [-0.15, -0.1) is 0 Å². The average molecular weight is 351 g/mol. The normalized spacial score (nSPS) is 19.6. The largest absolute Gasteiger partial charge is 0.327 e. The predicted octanol–water partition coefficient (Wildman–Crippen LogP) is 2.50. The smallest absolute Gasteiger partial charge is 0.320 e. The molecule has 1 saturated carbocycles. The zero-order valence-electron chi connectivity index (χ0n) is 13.8. The first kappa shape index (κ1) is 17.3.